The zero-order chi connectivity index (χ0) is 12.7. The van der Waals surface area contributed by atoms with Gasteiger partial charge in [0.25, 0.3) is 0 Å². The van der Waals surface area contributed by atoms with Crippen LogP contribution in [0.25, 0.3) is 11.0 Å². The molecule has 3 rings (SSSR count). The quantitative estimate of drug-likeness (QED) is 0.882. The molecular formula is C14H20N4. The normalized spacial score (nSPS) is 16.8. The van der Waals surface area contributed by atoms with E-state index < -0.39 is 0 Å². The summed E-state index contributed by atoms with van der Waals surface area (Å²) < 4.78 is 2.07. The third-order valence-electron chi connectivity index (χ3n) is 4.03. The Labute approximate surface area is 107 Å². The Morgan fingerprint density at radius 2 is 2.06 bits per heavy atom. The maximum Gasteiger partial charge on any atom is 0.143 e. The lowest BCUT2D eigenvalue weighted by molar-refractivity contribution is 0.666. The van der Waals surface area contributed by atoms with Gasteiger partial charge < -0.3 is 10.3 Å². The van der Waals surface area contributed by atoms with E-state index in [-0.39, 0.29) is 0 Å². The topological polar surface area (TPSA) is 56.7 Å². The highest BCUT2D eigenvalue weighted by atomic mass is 15.0. The molecule has 1 fully saturated rings. The van der Waals surface area contributed by atoms with E-state index in [4.69, 9.17) is 15.7 Å². The van der Waals surface area contributed by atoms with Gasteiger partial charge in [-0.05, 0) is 25.3 Å². The molecule has 4 heteroatoms. The van der Waals surface area contributed by atoms with E-state index in [1.54, 1.807) is 0 Å². The van der Waals surface area contributed by atoms with Gasteiger partial charge in [-0.2, -0.15) is 0 Å². The molecule has 96 valence electrons. The molecule has 0 amide bonds. The summed E-state index contributed by atoms with van der Waals surface area (Å²) in [6.07, 6.45) is 7.17. The Morgan fingerprint density at radius 1 is 1.33 bits per heavy atom. The van der Waals surface area contributed by atoms with Crippen LogP contribution in [0.3, 0.4) is 0 Å². The van der Waals surface area contributed by atoms with Crippen LogP contribution in [0, 0.1) is 6.92 Å². The van der Waals surface area contributed by atoms with Crippen LogP contribution in [0.2, 0.25) is 0 Å². The highest BCUT2D eigenvalue weighted by Gasteiger charge is 2.22. The van der Waals surface area contributed by atoms with Gasteiger partial charge in [-0.25, -0.2) is 9.97 Å². The molecule has 0 atom stereocenters. The summed E-state index contributed by atoms with van der Waals surface area (Å²) >= 11 is 0. The maximum atomic E-state index is 5.79. The lowest BCUT2D eigenvalue weighted by Crippen LogP contribution is -2.04. The molecule has 0 spiro atoms. The Hall–Kier alpha value is -1.42. The largest absolute Gasteiger partial charge is 0.335 e. The molecule has 1 aliphatic rings. The minimum Gasteiger partial charge on any atom is -0.335 e. The van der Waals surface area contributed by atoms with Gasteiger partial charge in [0.2, 0.25) is 0 Å². The maximum absolute atomic E-state index is 5.79. The van der Waals surface area contributed by atoms with Crippen LogP contribution in [0.4, 0.5) is 0 Å². The van der Waals surface area contributed by atoms with Gasteiger partial charge >= 0.3 is 0 Å². The van der Waals surface area contributed by atoms with Gasteiger partial charge in [-0.15, -0.1) is 0 Å². The predicted molar refractivity (Wildman–Crippen MR) is 72.3 cm³/mol. The first-order valence-corrected chi connectivity index (χ1v) is 6.73. The molecular weight excluding hydrogens is 224 g/mol. The number of rotatable bonds is 2. The van der Waals surface area contributed by atoms with E-state index in [9.17, 15) is 0 Å². The third-order valence-corrected chi connectivity index (χ3v) is 4.03. The molecule has 4 nitrogen and oxygen atoms in total. The van der Waals surface area contributed by atoms with Crippen molar-refractivity contribution in [2.45, 2.75) is 45.1 Å². The summed E-state index contributed by atoms with van der Waals surface area (Å²) in [5.41, 5.74) is 9.04. The summed E-state index contributed by atoms with van der Waals surface area (Å²) in [7, 11) is 2.03. The molecule has 18 heavy (non-hydrogen) atoms. The van der Waals surface area contributed by atoms with E-state index in [0.717, 1.165) is 28.1 Å². The fraction of sp³-hybridized carbons (Fsp3) is 0.571. The van der Waals surface area contributed by atoms with Crippen LogP contribution >= 0.6 is 0 Å². The number of aryl methyl sites for hydroxylation is 2. The predicted octanol–water partition coefficient (Wildman–Crippen LogP) is 2.39. The third kappa shape index (κ3) is 1.72. The monoisotopic (exact) mass is 244 g/mol. The second kappa shape index (κ2) is 4.35. The molecule has 0 unspecified atom stereocenters. The second-order valence-electron chi connectivity index (χ2n) is 5.32. The summed E-state index contributed by atoms with van der Waals surface area (Å²) in [4.78, 5) is 9.51. The van der Waals surface area contributed by atoms with Gasteiger partial charge in [0.15, 0.2) is 0 Å². The molecule has 2 aromatic rings. The number of aromatic nitrogens is 3. The van der Waals surface area contributed by atoms with Gasteiger partial charge in [-0.3, -0.25) is 0 Å². The van der Waals surface area contributed by atoms with Crippen molar-refractivity contribution in [3.63, 3.8) is 0 Å². The van der Waals surface area contributed by atoms with Crippen LogP contribution in [0.15, 0.2) is 6.20 Å². The summed E-state index contributed by atoms with van der Waals surface area (Å²) in [5, 5.41) is 1.14. The number of fused-ring (bicyclic) bond motifs is 1. The smallest absolute Gasteiger partial charge is 0.143 e. The molecule has 1 aliphatic carbocycles. The number of hydrogen-bond acceptors (Lipinski definition) is 3. The minimum absolute atomic E-state index is 0.546. The number of nitrogens with two attached hydrogens (primary N) is 1. The van der Waals surface area contributed by atoms with Crippen molar-refractivity contribution in [1.82, 2.24) is 14.5 Å². The van der Waals surface area contributed by atoms with E-state index in [1.807, 2.05) is 7.05 Å². The fourth-order valence-electron chi connectivity index (χ4n) is 3.09. The van der Waals surface area contributed by atoms with Gasteiger partial charge in [0.05, 0.1) is 5.69 Å². The van der Waals surface area contributed by atoms with Crippen molar-refractivity contribution in [2.75, 3.05) is 0 Å². The first kappa shape index (κ1) is 11.7. The fourth-order valence-corrected chi connectivity index (χ4v) is 3.09. The van der Waals surface area contributed by atoms with Crippen molar-refractivity contribution in [3.05, 3.63) is 23.3 Å². The first-order chi connectivity index (χ1) is 8.70. The van der Waals surface area contributed by atoms with Crippen molar-refractivity contribution >= 4 is 11.0 Å². The highest BCUT2D eigenvalue weighted by Crippen LogP contribution is 2.33. The molecule has 0 radical (unpaired) electrons. The average Bonchev–Trinajstić information content (AvgIpc) is 2.97. The second-order valence-corrected chi connectivity index (χ2v) is 5.32. The lowest BCUT2D eigenvalue weighted by Gasteiger charge is -2.09. The highest BCUT2D eigenvalue weighted by molar-refractivity contribution is 5.82. The summed E-state index contributed by atoms with van der Waals surface area (Å²) in [6.45, 7) is 2.62. The van der Waals surface area contributed by atoms with Gasteiger partial charge in [0.1, 0.15) is 11.5 Å². The zero-order valence-electron chi connectivity index (χ0n) is 11.1. The molecule has 2 heterocycles. The van der Waals surface area contributed by atoms with E-state index in [2.05, 4.69) is 17.7 Å². The summed E-state index contributed by atoms with van der Waals surface area (Å²) in [6, 6.07) is 0. The molecule has 1 saturated carbocycles. The Balaban J connectivity index is 2.17. The lowest BCUT2D eigenvalue weighted by atomic mass is 10.1. The van der Waals surface area contributed by atoms with Gasteiger partial charge in [-0.1, -0.05) is 12.8 Å². The molecule has 0 bridgehead atoms. The SMILES string of the molecule is Cc1nc(C2CCCC2)nc2c1c(CN)cn2C. The molecule has 0 aromatic carbocycles. The number of nitrogens with zero attached hydrogens (tertiary/aromatic N) is 3. The van der Waals surface area contributed by atoms with E-state index in [0.29, 0.717) is 12.5 Å². The Bertz CT molecular complexity index is 579. The Morgan fingerprint density at radius 3 is 2.72 bits per heavy atom. The Kier molecular flexibility index (Phi) is 2.82. The molecule has 2 aromatic heterocycles. The standard InChI is InChI=1S/C14H20N4/c1-9-12-11(7-15)8-18(2)14(12)17-13(16-9)10-5-3-4-6-10/h8,10H,3-7,15H2,1-2H3. The zero-order valence-corrected chi connectivity index (χ0v) is 11.1. The van der Waals surface area contributed by atoms with Crippen LogP contribution in [-0.4, -0.2) is 14.5 Å². The summed E-state index contributed by atoms with van der Waals surface area (Å²) in [5.74, 6) is 1.59. The van der Waals surface area contributed by atoms with Crippen molar-refractivity contribution in [1.29, 1.82) is 0 Å². The molecule has 0 aliphatic heterocycles. The van der Waals surface area contributed by atoms with E-state index >= 15 is 0 Å². The minimum atomic E-state index is 0.546. The van der Waals surface area contributed by atoms with Gasteiger partial charge in [0, 0.05) is 31.1 Å². The van der Waals surface area contributed by atoms with Crippen LogP contribution < -0.4 is 5.73 Å². The molecule has 2 N–H and O–H groups in total. The van der Waals surface area contributed by atoms with Crippen LogP contribution in [0.5, 0.6) is 0 Å². The van der Waals surface area contributed by atoms with E-state index in [1.165, 1.54) is 25.7 Å². The van der Waals surface area contributed by atoms with Crippen LogP contribution in [-0.2, 0) is 13.6 Å². The van der Waals surface area contributed by atoms with Crippen molar-refractivity contribution in [2.24, 2.45) is 12.8 Å². The van der Waals surface area contributed by atoms with Crippen molar-refractivity contribution in [3.8, 4) is 0 Å². The first-order valence-electron chi connectivity index (χ1n) is 6.73. The average molecular weight is 244 g/mol. The number of hydrogen-bond donors (Lipinski definition) is 1. The molecule has 0 saturated heterocycles. The van der Waals surface area contributed by atoms with Crippen molar-refractivity contribution < 1.29 is 0 Å². The van der Waals surface area contributed by atoms with Crippen LogP contribution in [0.1, 0.15) is 48.7 Å².